The topological polar surface area (TPSA) is 3.24 Å². The van der Waals surface area contributed by atoms with Crippen LogP contribution in [0.3, 0.4) is 0 Å². The van der Waals surface area contributed by atoms with Crippen molar-refractivity contribution in [2.75, 3.05) is 4.90 Å². The summed E-state index contributed by atoms with van der Waals surface area (Å²) in [6.07, 6.45) is 0. The molecule has 2 heteroatoms. The molecule has 0 N–H and O–H groups in total. The van der Waals surface area contributed by atoms with Crippen molar-refractivity contribution in [3.05, 3.63) is 163 Å². The Bertz CT molecular complexity index is 2400. The van der Waals surface area contributed by atoms with Gasteiger partial charge < -0.3 is 4.90 Å². The molecule has 1 aromatic heterocycles. The number of benzene rings is 7. The Morgan fingerprint density at radius 3 is 2.04 bits per heavy atom. The maximum atomic E-state index is 2.51. The van der Waals surface area contributed by atoms with Gasteiger partial charge in [0.2, 0.25) is 0 Å². The minimum absolute atomic E-state index is 0.0761. The van der Waals surface area contributed by atoms with Crippen molar-refractivity contribution in [2.45, 2.75) is 19.3 Å². The lowest BCUT2D eigenvalue weighted by Crippen LogP contribution is -2.16. The Balaban J connectivity index is 1.34. The van der Waals surface area contributed by atoms with Gasteiger partial charge in [0.15, 0.2) is 0 Å². The minimum atomic E-state index is -0.0761. The summed E-state index contributed by atoms with van der Waals surface area (Å²) >= 11 is 1.90. The molecule has 0 bridgehead atoms. The van der Waals surface area contributed by atoms with Crippen LogP contribution in [0.5, 0.6) is 0 Å². The fourth-order valence-electron chi connectivity index (χ4n) is 7.49. The highest BCUT2D eigenvalue weighted by Crippen LogP contribution is 2.55. The molecule has 1 aliphatic rings. The average molecular weight is 594 g/mol. The smallest absolute Gasteiger partial charge is 0.0640 e. The van der Waals surface area contributed by atoms with Gasteiger partial charge in [-0.3, -0.25) is 0 Å². The standard InChI is InChI=1S/C43H31NS/c1-43(2)35-18-9-8-16-33(35)41-36(43)19-11-20-37(41)44(31-25-22-29(23-26-31)28-12-4-3-5-13-28)38-21-10-17-34-40-32-15-7-6-14-30(32)24-27-39(40)45-42(34)38/h3-27H,1-2H3. The van der Waals surface area contributed by atoms with Gasteiger partial charge in [0.25, 0.3) is 0 Å². The predicted octanol–water partition coefficient (Wildman–Crippen LogP) is 12.7. The van der Waals surface area contributed by atoms with Crippen LogP contribution in [0.4, 0.5) is 17.1 Å². The van der Waals surface area contributed by atoms with Crippen LogP contribution in [-0.4, -0.2) is 0 Å². The Morgan fingerprint density at radius 2 is 1.18 bits per heavy atom. The second-order valence-corrected chi connectivity index (χ2v) is 13.6. The molecule has 0 saturated heterocycles. The first-order valence-electron chi connectivity index (χ1n) is 15.6. The Labute approximate surface area is 267 Å². The van der Waals surface area contributed by atoms with E-state index in [4.69, 9.17) is 0 Å². The average Bonchev–Trinajstić information content (AvgIpc) is 3.59. The third kappa shape index (κ3) is 3.92. The van der Waals surface area contributed by atoms with Crippen LogP contribution < -0.4 is 4.90 Å². The summed E-state index contributed by atoms with van der Waals surface area (Å²) in [6, 6.07) is 55.7. The minimum Gasteiger partial charge on any atom is -0.308 e. The summed E-state index contributed by atoms with van der Waals surface area (Å²) in [6.45, 7) is 4.72. The fraction of sp³-hybridized carbons (Fsp3) is 0.0698. The first kappa shape index (κ1) is 26.2. The molecule has 7 aromatic carbocycles. The van der Waals surface area contributed by atoms with Crippen molar-refractivity contribution >= 4 is 59.3 Å². The zero-order valence-electron chi connectivity index (χ0n) is 25.3. The van der Waals surface area contributed by atoms with Gasteiger partial charge >= 0.3 is 0 Å². The molecule has 214 valence electrons. The van der Waals surface area contributed by atoms with Gasteiger partial charge in [0.05, 0.1) is 16.1 Å². The molecule has 0 spiro atoms. The molecule has 0 radical (unpaired) electrons. The number of rotatable bonds is 4. The highest BCUT2D eigenvalue weighted by molar-refractivity contribution is 7.26. The lowest BCUT2D eigenvalue weighted by Gasteiger charge is -2.29. The molecule has 0 unspecified atom stereocenters. The quantitative estimate of drug-likeness (QED) is 0.196. The van der Waals surface area contributed by atoms with E-state index in [0.717, 1.165) is 5.69 Å². The van der Waals surface area contributed by atoms with Gasteiger partial charge in [-0.1, -0.05) is 135 Å². The number of anilines is 3. The highest BCUT2D eigenvalue weighted by atomic mass is 32.1. The third-order valence-electron chi connectivity index (χ3n) is 9.67. The van der Waals surface area contributed by atoms with E-state index in [9.17, 15) is 0 Å². The highest BCUT2D eigenvalue weighted by Gasteiger charge is 2.37. The SMILES string of the molecule is CC1(C)c2ccccc2-c2c(N(c3ccc(-c4ccccc4)cc3)c3cccc4c3sc3ccc5ccccc5c34)cccc21. The first-order valence-corrected chi connectivity index (χ1v) is 16.4. The zero-order valence-corrected chi connectivity index (χ0v) is 26.1. The van der Waals surface area contributed by atoms with Gasteiger partial charge in [-0.05, 0) is 68.9 Å². The van der Waals surface area contributed by atoms with E-state index in [1.807, 2.05) is 11.3 Å². The Kier molecular flexibility index (Phi) is 5.78. The molecule has 1 heterocycles. The molecule has 45 heavy (non-hydrogen) atoms. The third-order valence-corrected chi connectivity index (χ3v) is 10.9. The van der Waals surface area contributed by atoms with Crippen molar-refractivity contribution in [2.24, 2.45) is 0 Å². The number of hydrogen-bond acceptors (Lipinski definition) is 2. The summed E-state index contributed by atoms with van der Waals surface area (Å²) in [5, 5.41) is 5.25. The summed E-state index contributed by atoms with van der Waals surface area (Å²) in [5.41, 5.74) is 11.4. The van der Waals surface area contributed by atoms with E-state index < -0.39 is 0 Å². The molecule has 1 aliphatic carbocycles. The number of nitrogens with zero attached hydrogens (tertiary/aromatic N) is 1. The van der Waals surface area contributed by atoms with Gasteiger partial charge in [0.1, 0.15) is 0 Å². The lowest BCUT2D eigenvalue weighted by molar-refractivity contribution is 0.660. The van der Waals surface area contributed by atoms with Crippen LogP contribution in [0.25, 0.3) is 53.2 Å². The van der Waals surface area contributed by atoms with Crippen molar-refractivity contribution < 1.29 is 0 Å². The van der Waals surface area contributed by atoms with Gasteiger partial charge in [0, 0.05) is 32.1 Å². The Morgan fingerprint density at radius 1 is 0.511 bits per heavy atom. The second-order valence-electron chi connectivity index (χ2n) is 12.5. The normalized spacial score (nSPS) is 13.3. The van der Waals surface area contributed by atoms with Crippen molar-refractivity contribution in [1.82, 2.24) is 0 Å². The summed E-state index contributed by atoms with van der Waals surface area (Å²) in [7, 11) is 0. The summed E-state index contributed by atoms with van der Waals surface area (Å²) < 4.78 is 2.62. The number of fused-ring (bicyclic) bond motifs is 8. The molecule has 0 amide bonds. The molecule has 0 saturated carbocycles. The largest absolute Gasteiger partial charge is 0.308 e. The lowest BCUT2D eigenvalue weighted by atomic mass is 9.82. The molecular formula is C43H31NS. The number of thiophene rings is 1. The fourth-order valence-corrected chi connectivity index (χ4v) is 8.71. The maximum absolute atomic E-state index is 2.51. The Hall–Kier alpha value is -5.18. The number of hydrogen-bond donors (Lipinski definition) is 0. The van der Waals surface area contributed by atoms with Crippen molar-refractivity contribution in [3.8, 4) is 22.3 Å². The van der Waals surface area contributed by atoms with E-state index in [1.165, 1.54) is 75.7 Å². The monoisotopic (exact) mass is 593 g/mol. The zero-order chi connectivity index (χ0) is 30.1. The van der Waals surface area contributed by atoms with Crippen molar-refractivity contribution in [1.29, 1.82) is 0 Å². The van der Waals surface area contributed by atoms with E-state index in [1.54, 1.807) is 0 Å². The van der Waals surface area contributed by atoms with Crippen LogP contribution >= 0.6 is 11.3 Å². The summed E-state index contributed by atoms with van der Waals surface area (Å²) in [5.74, 6) is 0. The van der Waals surface area contributed by atoms with E-state index >= 15 is 0 Å². The predicted molar refractivity (Wildman–Crippen MR) is 195 cm³/mol. The molecule has 1 nitrogen and oxygen atoms in total. The van der Waals surface area contributed by atoms with Crippen LogP contribution in [0.2, 0.25) is 0 Å². The molecule has 0 atom stereocenters. The molecule has 9 rings (SSSR count). The van der Waals surface area contributed by atoms with Gasteiger partial charge in [-0.25, -0.2) is 0 Å². The van der Waals surface area contributed by atoms with Crippen LogP contribution in [-0.2, 0) is 5.41 Å². The molecule has 8 aromatic rings. The first-order chi connectivity index (χ1) is 22.1. The molecule has 0 aliphatic heterocycles. The second kappa shape index (κ2) is 9.92. The van der Waals surface area contributed by atoms with E-state index in [-0.39, 0.29) is 5.41 Å². The van der Waals surface area contributed by atoms with Crippen molar-refractivity contribution in [3.63, 3.8) is 0 Å². The van der Waals surface area contributed by atoms with Crippen LogP contribution in [0, 0.1) is 0 Å². The van der Waals surface area contributed by atoms with Gasteiger partial charge in [-0.2, -0.15) is 0 Å². The molecule has 0 fully saturated rings. The maximum Gasteiger partial charge on any atom is 0.0640 e. The van der Waals surface area contributed by atoms with E-state index in [0.29, 0.717) is 0 Å². The summed E-state index contributed by atoms with van der Waals surface area (Å²) in [4.78, 5) is 2.51. The van der Waals surface area contributed by atoms with Crippen LogP contribution in [0.1, 0.15) is 25.0 Å². The van der Waals surface area contributed by atoms with Crippen LogP contribution in [0.15, 0.2) is 152 Å². The van der Waals surface area contributed by atoms with E-state index in [2.05, 4.69) is 170 Å². The van der Waals surface area contributed by atoms with Gasteiger partial charge in [-0.15, -0.1) is 11.3 Å². The molecular weight excluding hydrogens is 563 g/mol.